The number of rotatable bonds is 4. The van der Waals surface area contributed by atoms with Crippen LogP contribution in [0.15, 0.2) is 17.0 Å². The fourth-order valence-electron chi connectivity index (χ4n) is 1.90. The monoisotopic (exact) mass is 269 g/mol. The number of aliphatic carboxylic acids is 1. The van der Waals surface area contributed by atoms with Crippen LogP contribution in [0.25, 0.3) is 0 Å². The highest BCUT2D eigenvalue weighted by Gasteiger charge is 2.24. The van der Waals surface area contributed by atoms with Crippen molar-refractivity contribution in [1.82, 2.24) is 0 Å². The molecule has 0 spiro atoms. The molecule has 0 amide bonds. The number of hydrogen-bond acceptors (Lipinski definition) is 5. The van der Waals surface area contributed by atoms with Gasteiger partial charge in [-0.25, -0.2) is 0 Å². The topological polar surface area (TPSA) is 81.8 Å². The maximum absolute atomic E-state index is 11.2. The first kappa shape index (κ1) is 13.0. The molecule has 1 aromatic carbocycles. The number of fused-ring (bicyclic) bond motifs is 1. The summed E-state index contributed by atoms with van der Waals surface area (Å²) in [5, 5.41) is 9.19. The molecule has 6 heteroatoms. The number of carboxylic acid groups (broad SMARTS) is 1. The molecule has 0 bridgehead atoms. The fourth-order valence-corrected chi connectivity index (χ4v) is 2.56. The summed E-state index contributed by atoms with van der Waals surface area (Å²) in [6.07, 6.45) is 1.89. The number of carbonyl (C=O) groups is 1. The van der Waals surface area contributed by atoms with Crippen molar-refractivity contribution in [3.63, 3.8) is 0 Å². The highest BCUT2D eigenvalue weighted by molar-refractivity contribution is 7.98. The van der Waals surface area contributed by atoms with Gasteiger partial charge in [0.25, 0.3) is 0 Å². The van der Waals surface area contributed by atoms with E-state index in [0.717, 1.165) is 4.90 Å². The van der Waals surface area contributed by atoms with Crippen LogP contribution >= 0.6 is 11.8 Å². The zero-order valence-corrected chi connectivity index (χ0v) is 10.8. The lowest BCUT2D eigenvalue weighted by atomic mass is 9.98. The Morgan fingerprint density at radius 1 is 1.44 bits per heavy atom. The van der Waals surface area contributed by atoms with Gasteiger partial charge in [0.1, 0.15) is 13.2 Å². The molecule has 3 N–H and O–H groups in total. The molecule has 1 aliphatic heterocycles. The summed E-state index contributed by atoms with van der Waals surface area (Å²) >= 11 is 1.47. The third kappa shape index (κ3) is 2.39. The maximum Gasteiger partial charge on any atom is 0.312 e. The molecule has 1 unspecified atom stereocenters. The first-order valence-electron chi connectivity index (χ1n) is 5.57. The Balaban J connectivity index is 2.47. The third-order valence-electron chi connectivity index (χ3n) is 2.80. The van der Waals surface area contributed by atoms with Crippen LogP contribution in [0.1, 0.15) is 11.5 Å². The average molecular weight is 269 g/mol. The lowest BCUT2D eigenvalue weighted by Gasteiger charge is -2.22. The summed E-state index contributed by atoms with van der Waals surface area (Å²) < 4.78 is 10.9. The zero-order valence-electron chi connectivity index (χ0n) is 10.0. The fraction of sp³-hybridized carbons (Fsp3) is 0.417. The van der Waals surface area contributed by atoms with Crippen LogP contribution in [0, 0.1) is 0 Å². The summed E-state index contributed by atoms with van der Waals surface area (Å²) in [6, 6.07) is 3.55. The molecule has 18 heavy (non-hydrogen) atoms. The quantitative estimate of drug-likeness (QED) is 0.802. The van der Waals surface area contributed by atoms with Crippen molar-refractivity contribution in [2.75, 3.05) is 26.0 Å². The minimum absolute atomic E-state index is 0.0581. The van der Waals surface area contributed by atoms with Gasteiger partial charge >= 0.3 is 5.97 Å². The van der Waals surface area contributed by atoms with Crippen molar-refractivity contribution in [3.8, 4) is 11.5 Å². The van der Waals surface area contributed by atoms with Crippen molar-refractivity contribution in [1.29, 1.82) is 0 Å². The van der Waals surface area contributed by atoms with Crippen molar-refractivity contribution < 1.29 is 19.4 Å². The Morgan fingerprint density at radius 2 is 2.06 bits per heavy atom. The van der Waals surface area contributed by atoms with E-state index in [9.17, 15) is 9.90 Å². The number of benzene rings is 1. The van der Waals surface area contributed by atoms with E-state index in [1.165, 1.54) is 11.8 Å². The molecule has 5 nitrogen and oxygen atoms in total. The van der Waals surface area contributed by atoms with E-state index in [1.54, 1.807) is 6.07 Å². The summed E-state index contributed by atoms with van der Waals surface area (Å²) in [4.78, 5) is 12.1. The van der Waals surface area contributed by atoms with E-state index in [4.69, 9.17) is 15.2 Å². The Hall–Kier alpha value is -1.40. The molecule has 1 atom stereocenters. The highest BCUT2D eigenvalue weighted by atomic mass is 32.2. The molecule has 0 radical (unpaired) electrons. The molecule has 1 aromatic rings. The van der Waals surface area contributed by atoms with Gasteiger partial charge in [0.2, 0.25) is 0 Å². The summed E-state index contributed by atoms with van der Waals surface area (Å²) in [7, 11) is 0. The SMILES string of the molecule is CSc1cc2c(cc1C(CN)C(=O)O)OCCO2. The number of thioether (sulfide) groups is 1. The molecule has 0 aromatic heterocycles. The minimum Gasteiger partial charge on any atom is -0.486 e. The van der Waals surface area contributed by atoms with Crippen LogP contribution in [0.3, 0.4) is 0 Å². The number of carboxylic acids is 1. The van der Waals surface area contributed by atoms with E-state index < -0.39 is 11.9 Å². The van der Waals surface area contributed by atoms with E-state index >= 15 is 0 Å². The van der Waals surface area contributed by atoms with Crippen LogP contribution in [-0.2, 0) is 4.79 Å². The summed E-state index contributed by atoms with van der Waals surface area (Å²) in [5.74, 6) is -0.392. The standard InChI is InChI=1S/C12H15NO4S/c1-18-11-5-10-9(16-2-3-17-10)4-7(11)8(6-13)12(14)15/h4-5,8H,2-3,6,13H2,1H3,(H,14,15). The predicted molar refractivity (Wildman–Crippen MR) is 68.6 cm³/mol. The van der Waals surface area contributed by atoms with Crippen molar-refractivity contribution in [2.24, 2.45) is 5.73 Å². The molecule has 0 aliphatic carbocycles. The van der Waals surface area contributed by atoms with E-state index in [2.05, 4.69) is 0 Å². The molecule has 0 saturated heterocycles. The predicted octanol–water partition coefficient (Wildman–Crippen LogP) is 1.31. The van der Waals surface area contributed by atoms with E-state index in [-0.39, 0.29) is 6.54 Å². The number of ether oxygens (including phenoxy) is 2. The van der Waals surface area contributed by atoms with Crippen LogP contribution in [0.4, 0.5) is 0 Å². The minimum atomic E-state index is -0.926. The molecular formula is C12H15NO4S. The third-order valence-corrected chi connectivity index (χ3v) is 3.60. The lowest BCUT2D eigenvalue weighted by Crippen LogP contribution is -2.22. The van der Waals surface area contributed by atoms with Crippen LogP contribution in [0.2, 0.25) is 0 Å². The van der Waals surface area contributed by atoms with Gasteiger partial charge < -0.3 is 20.3 Å². The van der Waals surface area contributed by atoms with Crippen LogP contribution < -0.4 is 15.2 Å². The lowest BCUT2D eigenvalue weighted by molar-refractivity contribution is -0.138. The van der Waals surface area contributed by atoms with Gasteiger partial charge in [0.05, 0.1) is 5.92 Å². The normalized spacial score (nSPS) is 15.2. The van der Waals surface area contributed by atoms with Gasteiger partial charge in [-0.15, -0.1) is 11.8 Å². The molecular weight excluding hydrogens is 254 g/mol. The molecule has 1 heterocycles. The van der Waals surface area contributed by atoms with Crippen LogP contribution in [0.5, 0.6) is 11.5 Å². The molecule has 0 fully saturated rings. The first-order valence-corrected chi connectivity index (χ1v) is 6.80. The van der Waals surface area contributed by atoms with Crippen molar-refractivity contribution >= 4 is 17.7 Å². The van der Waals surface area contributed by atoms with Crippen LogP contribution in [-0.4, -0.2) is 37.1 Å². The largest absolute Gasteiger partial charge is 0.486 e. The second-order valence-electron chi connectivity index (χ2n) is 3.86. The smallest absolute Gasteiger partial charge is 0.312 e. The Labute approximate surface area is 109 Å². The number of nitrogens with two attached hydrogens (primary N) is 1. The average Bonchev–Trinajstić information content (AvgIpc) is 2.38. The van der Waals surface area contributed by atoms with Crippen molar-refractivity contribution in [3.05, 3.63) is 17.7 Å². The maximum atomic E-state index is 11.2. The van der Waals surface area contributed by atoms with Gasteiger partial charge in [-0.2, -0.15) is 0 Å². The summed E-state index contributed by atoms with van der Waals surface area (Å²) in [5.41, 5.74) is 6.23. The molecule has 0 saturated carbocycles. The van der Waals surface area contributed by atoms with Crippen molar-refractivity contribution in [2.45, 2.75) is 10.8 Å². The Morgan fingerprint density at radius 3 is 2.56 bits per heavy atom. The first-order chi connectivity index (χ1) is 8.67. The molecule has 98 valence electrons. The second-order valence-corrected chi connectivity index (χ2v) is 4.71. The highest BCUT2D eigenvalue weighted by Crippen LogP contribution is 2.39. The molecule has 1 aliphatic rings. The Kier molecular flexibility index (Phi) is 3.98. The second kappa shape index (κ2) is 5.49. The molecule has 2 rings (SSSR count). The summed E-state index contributed by atoms with van der Waals surface area (Å²) in [6.45, 7) is 1.05. The van der Waals surface area contributed by atoms with Gasteiger partial charge in [-0.1, -0.05) is 0 Å². The number of hydrogen-bond donors (Lipinski definition) is 2. The zero-order chi connectivity index (χ0) is 13.1. The van der Waals surface area contributed by atoms with Gasteiger partial charge in [-0.3, -0.25) is 4.79 Å². The van der Waals surface area contributed by atoms with E-state index in [1.807, 2.05) is 12.3 Å². The van der Waals surface area contributed by atoms with Gasteiger partial charge in [0, 0.05) is 11.4 Å². The van der Waals surface area contributed by atoms with Gasteiger partial charge in [-0.05, 0) is 24.0 Å². The van der Waals surface area contributed by atoms with E-state index in [0.29, 0.717) is 30.3 Å². The Bertz CT molecular complexity index is 464. The van der Waals surface area contributed by atoms with Gasteiger partial charge in [0.15, 0.2) is 11.5 Å².